The van der Waals surface area contributed by atoms with Crippen LogP contribution in [0.1, 0.15) is 15.9 Å². The Labute approximate surface area is 109 Å². The number of benzene rings is 2. The van der Waals surface area contributed by atoms with Crippen molar-refractivity contribution >= 4 is 21.7 Å². The van der Waals surface area contributed by atoms with Gasteiger partial charge in [-0.25, -0.2) is 13.2 Å². The summed E-state index contributed by atoms with van der Waals surface area (Å²) in [6.07, 6.45) is 0. The fourth-order valence-electron chi connectivity index (χ4n) is 1.50. The van der Waals surface area contributed by atoms with E-state index < -0.39 is 23.2 Å². The van der Waals surface area contributed by atoms with Crippen LogP contribution in [0.25, 0.3) is 0 Å². The van der Waals surface area contributed by atoms with Gasteiger partial charge in [0, 0.05) is 10.0 Å². The summed E-state index contributed by atoms with van der Waals surface area (Å²) >= 11 is 3.05. The molecule has 0 amide bonds. The molecule has 92 valence electrons. The van der Waals surface area contributed by atoms with Crippen LogP contribution in [0.5, 0.6) is 0 Å². The molecule has 18 heavy (non-hydrogen) atoms. The lowest BCUT2D eigenvalue weighted by atomic mass is 10.0. The van der Waals surface area contributed by atoms with E-state index in [0.29, 0.717) is 0 Å². The second-order valence-electron chi connectivity index (χ2n) is 3.55. The summed E-state index contributed by atoms with van der Waals surface area (Å²) < 4.78 is 39.6. The van der Waals surface area contributed by atoms with E-state index in [4.69, 9.17) is 0 Å². The van der Waals surface area contributed by atoms with E-state index in [1.54, 1.807) is 0 Å². The standard InChI is InChI=1S/C13H6BrF3O/c14-8-2-1-3-10(16)12(8)13(18)7-4-5-9(15)11(17)6-7/h1-6H. The van der Waals surface area contributed by atoms with Crippen molar-refractivity contribution in [2.24, 2.45) is 0 Å². The summed E-state index contributed by atoms with van der Waals surface area (Å²) in [5, 5.41) is 0. The van der Waals surface area contributed by atoms with Gasteiger partial charge in [-0.3, -0.25) is 4.79 Å². The van der Waals surface area contributed by atoms with Gasteiger partial charge < -0.3 is 0 Å². The van der Waals surface area contributed by atoms with Crippen molar-refractivity contribution in [3.05, 3.63) is 69.4 Å². The summed E-state index contributed by atoms with van der Waals surface area (Å²) in [7, 11) is 0. The van der Waals surface area contributed by atoms with Crippen LogP contribution >= 0.6 is 15.9 Å². The maximum atomic E-state index is 13.5. The molecule has 0 aliphatic carbocycles. The predicted molar refractivity (Wildman–Crippen MR) is 63.9 cm³/mol. The normalized spacial score (nSPS) is 10.4. The van der Waals surface area contributed by atoms with Gasteiger partial charge in [-0.05, 0) is 46.3 Å². The molecule has 0 spiro atoms. The van der Waals surface area contributed by atoms with E-state index >= 15 is 0 Å². The first-order valence-electron chi connectivity index (χ1n) is 4.94. The third-order valence-corrected chi connectivity index (χ3v) is 3.03. The van der Waals surface area contributed by atoms with Crippen molar-refractivity contribution in [2.75, 3.05) is 0 Å². The Bertz CT molecular complexity index is 605. The Morgan fingerprint density at radius 1 is 0.944 bits per heavy atom. The quantitative estimate of drug-likeness (QED) is 0.763. The van der Waals surface area contributed by atoms with Gasteiger partial charge in [-0.2, -0.15) is 0 Å². The van der Waals surface area contributed by atoms with Crippen LogP contribution in [0.3, 0.4) is 0 Å². The zero-order chi connectivity index (χ0) is 13.3. The summed E-state index contributed by atoms with van der Waals surface area (Å²) in [5.74, 6) is -3.63. The third kappa shape index (κ3) is 2.31. The van der Waals surface area contributed by atoms with Gasteiger partial charge in [0.05, 0.1) is 5.56 Å². The molecule has 0 fully saturated rings. The Kier molecular flexibility index (Phi) is 3.52. The molecule has 0 aromatic heterocycles. The Balaban J connectivity index is 2.51. The molecule has 0 bridgehead atoms. The average molecular weight is 315 g/mol. The predicted octanol–water partition coefficient (Wildman–Crippen LogP) is 4.10. The van der Waals surface area contributed by atoms with Gasteiger partial charge in [0.1, 0.15) is 5.82 Å². The van der Waals surface area contributed by atoms with Crippen molar-refractivity contribution in [1.29, 1.82) is 0 Å². The number of carbonyl (C=O) groups excluding carboxylic acids is 1. The fourth-order valence-corrected chi connectivity index (χ4v) is 2.02. The molecule has 2 rings (SSSR count). The highest BCUT2D eigenvalue weighted by atomic mass is 79.9. The van der Waals surface area contributed by atoms with E-state index in [0.717, 1.165) is 24.3 Å². The minimum atomic E-state index is -1.15. The highest BCUT2D eigenvalue weighted by Crippen LogP contribution is 2.23. The summed E-state index contributed by atoms with van der Waals surface area (Å²) in [5.41, 5.74) is -0.316. The van der Waals surface area contributed by atoms with Gasteiger partial charge in [0.2, 0.25) is 0 Å². The maximum Gasteiger partial charge on any atom is 0.197 e. The molecule has 2 aromatic rings. The topological polar surface area (TPSA) is 17.1 Å². The highest BCUT2D eigenvalue weighted by Gasteiger charge is 2.18. The SMILES string of the molecule is O=C(c1ccc(F)c(F)c1)c1c(F)cccc1Br. The summed E-state index contributed by atoms with van der Waals surface area (Å²) in [6, 6.07) is 6.74. The first-order chi connectivity index (χ1) is 8.50. The van der Waals surface area contributed by atoms with Gasteiger partial charge in [-0.1, -0.05) is 6.07 Å². The van der Waals surface area contributed by atoms with Crippen LogP contribution in [0.2, 0.25) is 0 Å². The van der Waals surface area contributed by atoms with E-state index in [-0.39, 0.29) is 15.6 Å². The Morgan fingerprint density at radius 3 is 2.28 bits per heavy atom. The van der Waals surface area contributed by atoms with Gasteiger partial charge in [0.15, 0.2) is 17.4 Å². The molecule has 2 aromatic carbocycles. The molecule has 0 heterocycles. The van der Waals surface area contributed by atoms with Crippen LogP contribution in [-0.4, -0.2) is 5.78 Å². The number of hydrogen-bond donors (Lipinski definition) is 0. The zero-order valence-electron chi connectivity index (χ0n) is 8.88. The van der Waals surface area contributed by atoms with E-state index in [9.17, 15) is 18.0 Å². The molecule has 0 saturated heterocycles. The van der Waals surface area contributed by atoms with Crippen LogP contribution in [0.15, 0.2) is 40.9 Å². The lowest BCUT2D eigenvalue weighted by Crippen LogP contribution is -2.06. The first kappa shape index (κ1) is 12.8. The lowest BCUT2D eigenvalue weighted by Gasteiger charge is -2.05. The largest absolute Gasteiger partial charge is 0.288 e. The molecule has 5 heteroatoms. The van der Waals surface area contributed by atoms with Crippen LogP contribution in [0.4, 0.5) is 13.2 Å². The average Bonchev–Trinajstić information content (AvgIpc) is 2.32. The number of ketones is 1. The second kappa shape index (κ2) is 4.94. The summed E-state index contributed by atoms with van der Waals surface area (Å²) in [6.45, 7) is 0. The lowest BCUT2D eigenvalue weighted by molar-refractivity contribution is 0.103. The smallest absolute Gasteiger partial charge is 0.197 e. The van der Waals surface area contributed by atoms with E-state index in [1.807, 2.05) is 0 Å². The molecule has 1 nitrogen and oxygen atoms in total. The van der Waals surface area contributed by atoms with Crippen LogP contribution in [0, 0.1) is 17.5 Å². The van der Waals surface area contributed by atoms with Crippen LogP contribution in [-0.2, 0) is 0 Å². The maximum absolute atomic E-state index is 13.5. The molecule has 0 aliphatic rings. The number of carbonyl (C=O) groups is 1. The van der Waals surface area contributed by atoms with Crippen molar-refractivity contribution < 1.29 is 18.0 Å². The molecular formula is C13H6BrF3O. The second-order valence-corrected chi connectivity index (χ2v) is 4.41. The van der Waals surface area contributed by atoms with Crippen molar-refractivity contribution in [2.45, 2.75) is 0 Å². The minimum absolute atomic E-state index is 0.111. The van der Waals surface area contributed by atoms with Crippen molar-refractivity contribution in [1.82, 2.24) is 0 Å². The minimum Gasteiger partial charge on any atom is -0.288 e. The Morgan fingerprint density at radius 2 is 1.67 bits per heavy atom. The van der Waals surface area contributed by atoms with Crippen molar-refractivity contribution in [3.8, 4) is 0 Å². The molecule has 0 N–H and O–H groups in total. The third-order valence-electron chi connectivity index (χ3n) is 2.37. The fraction of sp³-hybridized carbons (Fsp3) is 0. The van der Waals surface area contributed by atoms with Crippen molar-refractivity contribution in [3.63, 3.8) is 0 Å². The molecule has 0 radical (unpaired) electrons. The molecule has 0 atom stereocenters. The molecular weight excluding hydrogens is 309 g/mol. The first-order valence-corrected chi connectivity index (χ1v) is 5.74. The molecule has 0 aliphatic heterocycles. The monoisotopic (exact) mass is 314 g/mol. The zero-order valence-corrected chi connectivity index (χ0v) is 10.5. The summed E-state index contributed by atoms with van der Waals surface area (Å²) in [4.78, 5) is 12.0. The van der Waals surface area contributed by atoms with E-state index in [1.165, 1.54) is 12.1 Å². The number of hydrogen-bond acceptors (Lipinski definition) is 1. The Hall–Kier alpha value is -1.62. The highest BCUT2D eigenvalue weighted by molar-refractivity contribution is 9.10. The molecule has 0 unspecified atom stereocenters. The van der Waals surface area contributed by atoms with Crippen LogP contribution < -0.4 is 0 Å². The van der Waals surface area contributed by atoms with Gasteiger partial charge >= 0.3 is 0 Å². The number of rotatable bonds is 2. The van der Waals surface area contributed by atoms with Gasteiger partial charge in [0.25, 0.3) is 0 Å². The number of halogens is 4. The van der Waals surface area contributed by atoms with Gasteiger partial charge in [-0.15, -0.1) is 0 Å². The molecule has 0 saturated carbocycles. The van der Waals surface area contributed by atoms with E-state index in [2.05, 4.69) is 15.9 Å².